The molecule has 160 valence electrons. The molecular weight excluding hydrogens is 423 g/mol. The van der Waals surface area contributed by atoms with Crippen LogP contribution in [0.2, 0.25) is 0 Å². The predicted molar refractivity (Wildman–Crippen MR) is 100 cm³/mol. The molecule has 0 saturated heterocycles. The van der Waals surface area contributed by atoms with Crippen LogP contribution in [0.25, 0.3) is 22.4 Å². The highest BCUT2D eigenvalue weighted by molar-refractivity contribution is 6.03. The Morgan fingerprint density at radius 2 is 1.81 bits per heavy atom. The number of aryl methyl sites for hydroxylation is 2. The average molecular weight is 436 g/mol. The summed E-state index contributed by atoms with van der Waals surface area (Å²) >= 11 is 0. The van der Waals surface area contributed by atoms with Gasteiger partial charge in [-0.25, -0.2) is 13.8 Å². The normalized spacial score (nSPS) is 11.8. The molecule has 4 aromatic rings. The number of rotatable bonds is 3. The van der Waals surface area contributed by atoms with E-state index in [2.05, 4.69) is 15.4 Å². The van der Waals surface area contributed by atoms with Crippen LogP contribution in [0.4, 0.5) is 27.6 Å². The van der Waals surface area contributed by atoms with Gasteiger partial charge in [-0.15, -0.1) is 0 Å². The van der Waals surface area contributed by atoms with Gasteiger partial charge in [0.05, 0.1) is 5.69 Å². The van der Waals surface area contributed by atoms with Gasteiger partial charge in [0, 0.05) is 12.6 Å². The number of carbonyl (C=O) groups is 1. The number of hydrogen-bond donors (Lipinski definition) is 1. The minimum absolute atomic E-state index is 0.0312. The summed E-state index contributed by atoms with van der Waals surface area (Å²) in [5.41, 5.74) is 0.570. The molecule has 2 aromatic heterocycles. The van der Waals surface area contributed by atoms with Crippen molar-refractivity contribution >= 4 is 22.7 Å². The van der Waals surface area contributed by atoms with Gasteiger partial charge in [0.25, 0.3) is 5.91 Å². The zero-order valence-corrected chi connectivity index (χ0v) is 16.0. The summed E-state index contributed by atoms with van der Waals surface area (Å²) in [6.07, 6.45) is -4.73. The Balaban J connectivity index is 1.71. The van der Waals surface area contributed by atoms with E-state index in [0.717, 1.165) is 18.2 Å². The van der Waals surface area contributed by atoms with Crippen molar-refractivity contribution in [2.45, 2.75) is 13.1 Å². The lowest BCUT2D eigenvalue weighted by Crippen LogP contribution is -2.15. The number of alkyl halides is 3. The predicted octanol–water partition coefficient (Wildman–Crippen LogP) is 5.09. The summed E-state index contributed by atoms with van der Waals surface area (Å²) in [6.45, 7) is 1.65. The highest BCUT2D eigenvalue weighted by Crippen LogP contribution is 2.34. The number of oxazole rings is 1. The Kier molecular flexibility index (Phi) is 4.75. The van der Waals surface area contributed by atoms with Gasteiger partial charge >= 0.3 is 12.1 Å². The number of para-hydroxylation sites is 1. The second-order valence-corrected chi connectivity index (χ2v) is 6.74. The van der Waals surface area contributed by atoms with E-state index in [1.807, 2.05) is 0 Å². The zero-order valence-electron chi connectivity index (χ0n) is 16.0. The van der Waals surface area contributed by atoms with Crippen molar-refractivity contribution in [1.29, 1.82) is 0 Å². The lowest BCUT2D eigenvalue weighted by atomic mass is 10.0. The third-order valence-electron chi connectivity index (χ3n) is 4.57. The molecule has 0 unspecified atom stereocenters. The van der Waals surface area contributed by atoms with Crippen LogP contribution in [0, 0.1) is 18.6 Å². The number of nitrogens with zero attached hydrogens (tertiary/aromatic N) is 3. The molecule has 2 aromatic carbocycles. The number of amides is 1. The van der Waals surface area contributed by atoms with Gasteiger partial charge in [-0.2, -0.15) is 18.3 Å². The monoisotopic (exact) mass is 436 g/mol. The van der Waals surface area contributed by atoms with Crippen molar-refractivity contribution in [2.75, 3.05) is 5.32 Å². The molecule has 1 N–H and O–H groups in total. The van der Waals surface area contributed by atoms with E-state index in [0.29, 0.717) is 16.8 Å². The van der Waals surface area contributed by atoms with Crippen LogP contribution in [0.3, 0.4) is 0 Å². The number of hydrogen-bond acceptors (Lipinski definition) is 4. The number of anilines is 1. The van der Waals surface area contributed by atoms with E-state index >= 15 is 0 Å². The molecule has 11 heteroatoms. The number of halogens is 5. The van der Waals surface area contributed by atoms with E-state index in [1.54, 1.807) is 6.92 Å². The number of aromatic nitrogens is 3. The van der Waals surface area contributed by atoms with E-state index in [1.165, 1.54) is 29.9 Å². The summed E-state index contributed by atoms with van der Waals surface area (Å²) in [5.74, 6) is -4.12. The summed E-state index contributed by atoms with van der Waals surface area (Å²) in [6, 6.07) is 7.28. The number of carbonyl (C=O) groups excluding carboxylic acids is 1. The fourth-order valence-corrected chi connectivity index (χ4v) is 3.10. The van der Waals surface area contributed by atoms with Gasteiger partial charge in [0.1, 0.15) is 22.8 Å². The molecule has 0 aliphatic rings. The van der Waals surface area contributed by atoms with Crippen molar-refractivity contribution in [3.63, 3.8) is 0 Å². The van der Waals surface area contributed by atoms with Gasteiger partial charge in [-0.3, -0.25) is 9.48 Å². The van der Waals surface area contributed by atoms with Crippen molar-refractivity contribution in [1.82, 2.24) is 14.8 Å². The Labute approximate surface area is 171 Å². The molecule has 4 rings (SSSR count). The molecule has 0 aliphatic heterocycles. The third kappa shape index (κ3) is 3.74. The first-order valence-electron chi connectivity index (χ1n) is 8.82. The SMILES string of the molecule is Cc1cc2nc(C(F)(F)F)oc2cc1-c1cc(C(=O)Nc2c(F)cccc2F)nn1C. The topological polar surface area (TPSA) is 73.0 Å². The van der Waals surface area contributed by atoms with Gasteiger partial charge in [-0.1, -0.05) is 6.07 Å². The summed E-state index contributed by atoms with van der Waals surface area (Å²) < 4.78 is 72.3. The molecule has 0 fully saturated rings. The van der Waals surface area contributed by atoms with Crippen molar-refractivity contribution in [2.24, 2.45) is 7.05 Å². The quantitative estimate of drug-likeness (QED) is 0.455. The van der Waals surface area contributed by atoms with Crippen LogP contribution in [0.1, 0.15) is 21.9 Å². The van der Waals surface area contributed by atoms with E-state index in [9.17, 15) is 26.7 Å². The molecule has 0 aliphatic carbocycles. The minimum atomic E-state index is -4.73. The maximum Gasteiger partial charge on any atom is 0.468 e. The molecule has 6 nitrogen and oxygen atoms in total. The molecule has 0 spiro atoms. The standard InChI is InChI=1S/C20H13F5N4O2/c1-9-6-13-16(31-19(26-13)20(23,24)25)7-10(9)15-8-14(28-29(15)2)18(30)27-17-11(21)4-3-5-12(17)22/h3-8H,1-2H3,(H,27,30). The summed E-state index contributed by atoms with van der Waals surface area (Å²) in [4.78, 5) is 15.9. The van der Waals surface area contributed by atoms with E-state index in [-0.39, 0.29) is 16.8 Å². The van der Waals surface area contributed by atoms with E-state index in [4.69, 9.17) is 4.42 Å². The van der Waals surface area contributed by atoms with Crippen LogP contribution < -0.4 is 5.32 Å². The molecule has 0 atom stereocenters. The fraction of sp³-hybridized carbons (Fsp3) is 0.150. The highest BCUT2D eigenvalue weighted by atomic mass is 19.4. The van der Waals surface area contributed by atoms with E-state index < -0.39 is 35.3 Å². The first-order chi connectivity index (χ1) is 14.5. The molecular formula is C20H13F5N4O2. The molecule has 0 bridgehead atoms. The van der Waals surface area contributed by atoms with Crippen molar-refractivity contribution < 1.29 is 31.2 Å². The van der Waals surface area contributed by atoms with Gasteiger partial charge in [0.2, 0.25) is 0 Å². The number of nitrogens with one attached hydrogen (secondary N) is 1. The molecule has 31 heavy (non-hydrogen) atoms. The van der Waals surface area contributed by atoms with Crippen LogP contribution in [-0.2, 0) is 13.2 Å². The van der Waals surface area contributed by atoms with Crippen LogP contribution in [0.5, 0.6) is 0 Å². The van der Waals surface area contributed by atoms with Gasteiger partial charge in [-0.05, 0) is 42.8 Å². The maximum atomic E-state index is 13.8. The van der Waals surface area contributed by atoms with Crippen LogP contribution >= 0.6 is 0 Å². The second kappa shape index (κ2) is 7.18. The molecule has 1 amide bonds. The second-order valence-electron chi connectivity index (χ2n) is 6.74. The number of benzene rings is 2. The Morgan fingerprint density at radius 3 is 2.45 bits per heavy atom. The highest BCUT2D eigenvalue weighted by Gasteiger charge is 2.37. The minimum Gasteiger partial charge on any atom is -0.433 e. The van der Waals surface area contributed by atoms with Crippen LogP contribution in [-0.4, -0.2) is 20.7 Å². The first kappa shape index (κ1) is 20.5. The molecule has 2 heterocycles. The Hall–Kier alpha value is -3.76. The lowest BCUT2D eigenvalue weighted by molar-refractivity contribution is -0.156. The Bertz CT molecular complexity index is 1300. The number of fused-ring (bicyclic) bond motifs is 1. The summed E-state index contributed by atoms with van der Waals surface area (Å²) in [5, 5.41) is 6.17. The average Bonchev–Trinajstić information content (AvgIpc) is 3.27. The molecule has 0 saturated carbocycles. The molecule has 0 radical (unpaired) electrons. The summed E-state index contributed by atoms with van der Waals surface area (Å²) in [7, 11) is 1.51. The zero-order chi connectivity index (χ0) is 22.5. The smallest absolute Gasteiger partial charge is 0.433 e. The Morgan fingerprint density at radius 1 is 1.13 bits per heavy atom. The fourth-order valence-electron chi connectivity index (χ4n) is 3.10. The van der Waals surface area contributed by atoms with Gasteiger partial charge in [0.15, 0.2) is 11.3 Å². The largest absolute Gasteiger partial charge is 0.468 e. The third-order valence-corrected chi connectivity index (χ3v) is 4.57. The van der Waals surface area contributed by atoms with Crippen LogP contribution in [0.15, 0.2) is 40.8 Å². The first-order valence-corrected chi connectivity index (χ1v) is 8.82. The van der Waals surface area contributed by atoms with Gasteiger partial charge < -0.3 is 9.73 Å². The van der Waals surface area contributed by atoms with Crippen molar-refractivity contribution in [3.8, 4) is 11.3 Å². The van der Waals surface area contributed by atoms with Crippen molar-refractivity contribution in [3.05, 3.63) is 65.2 Å². The lowest BCUT2D eigenvalue weighted by Gasteiger charge is -2.05. The maximum absolute atomic E-state index is 13.8.